The number of aromatic nitrogens is 4. The molecule has 3 N–H and O–H groups in total. The number of nitrogens with zero attached hydrogens (tertiary/aromatic N) is 2. The molecule has 1 aliphatic heterocycles. The van der Waals surface area contributed by atoms with E-state index in [9.17, 15) is 9.59 Å². The first-order valence-electron chi connectivity index (χ1n) is 9.79. The number of morpholine rings is 1. The number of imidazole rings is 1. The van der Waals surface area contributed by atoms with Crippen LogP contribution in [0.25, 0.3) is 12.7 Å². The molecular formula is C20H29N5O3. The van der Waals surface area contributed by atoms with Crippen molar-refractivity contribution >= 4 is 12.7 Å². The normalized spacial score (nSPS) is 18.9. The maximum absolute atomic E-state index is 12.1. The zero-order valence-electron chi connectivity index (χ0n) is 16.8. The fraction of sp³-hybridized carbons (Fsp3) is 0.550. The van der Waals surface area contributed by atoms with Gasteiger partial charge < -0.3 is 19.7 Å². The largest absolute Gasteiger partial charge is 0.376 e. The molecule has 28 heavy (non-hydrogen) atoms. The van der Waals surface area contributed by atoms with Crippen LogP contribution in [0.3, 0.4) is 0 Å². The Labute approximate surface area is 163 Å². The van der Waals surface area contributed by atoms with Crippen LogP contribution in [-0.4, -0.2) is 57.2 Å². The Morgan fingerprint density at radius 2 is 2.07 bits per heavy atom. The lowest BCUT2D eigenvalue weighted by Gasteiger charge is -2.30. The lowest BCUT2D eigenvalue weighted by atomic mass is 10.1. The topological polar surface area (TPSA) is 107 Å². The van der Waals surface area contributed by atoms with Crippen LogP contribution in [0.5, 0.6) is 0 Å². The third-order valence-electron chi connectivity index (χ3n) is 4.91. The Hall–Kier alpha value is -2.45. The van der Waals surface area contributed by atoms with Crippen molar-refractivity contribution in [1.82, 2.24) is 24.8 Å². The van der Waals surface area contributed by atoms with Crippen LogP contribution in [0.1, 0.15) is 50.3 Å². The molecule has 0 bridgehead atoms. The summed E-state index contributed by atoms with van der Waals surface area (Å²) in [4.78, 5) is 39.4. The molecule has 1 fully saturated rings. The van der Waals surface area contributed by atoms with E-state index < -0.39 is 5.56 Å². The molecule has 8 nitrogen and oxygen atoms in total. The maximum atomic E-state index is 12.1. The standard InChI is InChI=1S/C20H29N5O3/c1-12(2)18-15(10-16-20(27)21-14(4)19(26)23-16)22-17(24-18)6-5-7-25-8-9-28-13(3)11-25/h10,12-13H,4-9,11H2,1-3H3,(H,21,27)(H,22,24)(H,23,26). The molecule has 0 saturated carbocycles. The Kier molecular flexibility index (Phi) is 6.31. The molecule has 0 radical (unpaired) electrons. The molecule has 2 aromatic heterocycles. The second-order valence-corrected chi connectivity index (χ2v) is 7.67. The number of aryl methyl sites for hydroxylation is 1. The summed E-state index contributed by atoms with van der Waals surface area (Å²) in [6.07, 6.45) is 3.73. The summed E-state index contributed by atoms with van der Waals surface area (Å²) in [6.45, 7) is 13.5. The Morgan fingerprint density at radius 1 is 1.29 bits per heavy atom. The summed E-state index contributed by atoms with van der Waals surface area (Å²) < 4.78 is 5.58. The molecule has 1 unspecified atom stereocenters. The zero-order valence-corrected chi connectivity index (χ0v) is 16.8. The van der Waals surface area contributed by atoms with Gasteiger partial charge in [0.25, 0.3) is 11.1 Å². The minimum Gasteiger partial charge on any atom is -0.376 e. The van der Waals surface area contributed by atoms with Crippen molar-refractivity contribution in [3.8, 4) is 0 Å². The van der Waals surface area contributed by atoms with E-state index in [2.05, 4.69) is 52.2 Å². The summed E-state index contributed by atoms with van der Waals surface area (Å²) in [5, 5.41) is 0.228. The highest BCUT2D eigenvalue weighted by atomic mass is 16.5. The molecule has 0 spiro atoms. The first kappa shape index (κ1) is 20.3. The van der Waals surface area contributed by atoms with Crippen molar-refractivity contribution in [3.63, 3.8) is 0 Å². The van der Waals surface area contributed by atoms with Gasteiger partial charge in [0, 0.05) is 25.2 Å². The van der Waals surface area contributed by atoms with Crippen LogP contribution in [0.2, 0.25) is 0 Å². The van der Waals surface area contributed by atoms with Crippen molar-refractivity contribution in [1.29, 1.82) is 0 Å². The van der Waals surface area contributed by atoms with Crippen molar-refractivity contribution in [2.75, 3.05) is 26.2 Å². The second-order valence-electron chi connectivity index (χ2n) is 7.67. The van der Waals surface area contributed by atoms with E-state index in [0.717, 1.165) is 50.6 Å². The lowest BCUT2D eigenvalue weighted by Crippen LogP contribution is -2.46. The third kappa shape index (κ3) is 4.88. The highest BCUT2D eigenvalue weighted by Crippen LogP contribution is 2.18. The maximum Gasteiger partial charge on any atom is 0.272 e. The number of hydrogen-bond acceptors (Lipinski definition) is 5. The van der Waals surface area contributed by atoms with Gasteiger partial charge in [-0.3, -0.25) is 14.5 Å². The number of H-pyrrole nitrogens is 3. The summed E-state index contributed by atoms with van der Waals surface area (Å²) in [6, 6.07) is 0. The van der Waals surface area contributed by atoms with Crippen LogP contribution >= 0.6 is 0 Å². The van der Waals surface area contributed by atoms with E-state index in [4.69, 9.17) is 4.74 Å². The van der Waals surface area contributed by atoms with Crippen LogP contribution in [0.4, 0.5) is 0 Å². The Morgan fingerprint density at radius 3 is 2.79 bits per heavy atom. The third-order valence-corrected chi connectivity index (χ3v) is 4.91. The molecular weight excluding hydrogens is 358 g/mol. The minimum atomic E-state index is -0.410. The van der Waals surface area contributed by atoms with E-state index in [1.807, 2.05) is 0 Å². The molecule has 1 saturated heterocycles. The molecule has 0 amide bonds. The van der Waals surface area contributed by atoms with E-state index in [1.165, 1.54) is 0 Å². The van der Waals surface area contributed by atoms with Gasteiger partial charge in [-0.1, -0.05) is 20.4 Å². The SMILES string of the molecule is C=c1[nH]c(=O)c(=Cc2nc(CCCN3CCOC(C)C3)[nH]c2C(C)C)[nH]c1=O. The van der Waals surface area contributed by atoms with Gasteiger partial charge in [0.15, 0.2) is 0 Å². The summed E-state index contributed by atoms with van der Waals surface area (Å²) in [5.74, 6) is 1.11. The average Bonchev–Trinajstić information content (AvgIpc) is 3.03. The van der Waals surface area contributed by atoms with Gasteiger partial charge in [-0.15, -0.1) is 0 Å². The smallest absolute Gasteiger partial charge is 0.272 e. The van der Waals surface area contributed by atoms with E-state index in [1.54, 1.807) is 6.08 Å². The van der Waals surface area contributed by atoms with Crippen molar-refractivity contribution in [2.24, 2.45) is 0 Å². The number of aromatic amines is 3. The van der Waals surface area contributed by atoms with E-state index in [0.29, 0.717) is 5.69 Å². The van der Waals surface area contributed by atoms with Crippen molar-refractivity contribution < 1.29 is 4.74 Å². The van der Waals surface area contributed by atoms with Gasteiger partial charge in [0.05, 0.1) is 23.8 Å². The summed E-state index contributed by atoms with van der Waals surface area (Å²) >= 11 is 0. The Balaban J connectivity index is 1.78. The number of hydrogen-bond donors (Lipinski definition) is 3. The van der Waals surface area contributed by atoms with Gasteiger partial charge in [-0.25, -0.2) is 4.98 Å². The van der Waals surface area contributed by atoms with Gasteiger partial charge in [0.1, 0.15) is 11.2 Å². The first-order valence-corrected chi connectivity index (χ1v) is 9.79. The average molecular weight is 387 g/mol. The van der Waals surface area contributed by atoms with Crippen LogP contribution in [-0.2, 0) is 11.2 Å². The van der Waals surface area contributed by atoms with Gasteiger partial charge in [0.2, 0.25) is 0 Å². The fourth-order valence-electron chi connectivity index (χ4n) is 3.44. The van der Waals surface area contributed by atoms with Crippen molar-refractivity contribution in [2.45, 2.75) is 45.6 Å². The van der Waals surface area contributed by atoms with Gasteiger partial charge in [-0.05, 0) is 31.9 Å². The van der Waals surface area contributed by atoms with Gasteiger partial charge in [-0.2, -0.15) is 0 Å². The van der Waals surface area contributed by atoms with E-state index in [-0.39, 0.29) is 28.3 Å². The molecule has 152 valence electrons. The van der Waals surface area contributed by atoms with Gasteiger partial charge >= 0.3 is 0 Å². The number of rotatable bonds is 6. The highest BCUT2D eigenvalue weighted by molar-refractivity contribution is 5.47. The van der Waals surface area contributed by atoms with E-state index >= 15 is 0 Å². The molecule has 2 aromatic rings. The Bertz CT molecular complexity index is 1030. The molecule has 3 heterocycles. The molecule has 3 rings (SSSR count). The fourth-order valence-corrected chi connectivity index (χ4v) is 3.44. The molecule has 1 atom stereocenters. The van der Waals surface area contributed by atoms with Crippen molar-refractivity contribution in [3.05, 3.63) is 48.6 Å². The van der Waals surface area contributed by atoms with Crippen LogP contribution < -0.4 is 21.8 Å². The zero-order chi connectivity index (χ0) is 20.3. The van der Waals surface area contributed by atoms with Crippen LogP contribution in [0.15, 0.2) is 9.59 Å². The lowest BCUT2D eigenvalue weighted by molar-refractivity contribution is -0.0184. The first-order chi connectivity index (χ1) is 13.3. The number of ether oxygens (including phenoxy) is 1. The molecule has 8 heteroatoms. The predicted octanol–water partition coefficient (Wildman–Crippen LogP) is -0.198. The molecule has 1 aliphatic rings. The van der Waals surface area contributed by atoms with Crippen LogP contribution in [0, 0.1) is 0 Å². The molecule has 0 aromatic carbocycles. The minimum absolute atomic E-state index is 0.0476. The highest BCUT2D eigenvalue weighted by Gasteiger charge is 2.17. The molecule has 0 aliphatic carbocycles. The summed E-state index contributed by atoms with van der Waals surface area (Å²) in [5.41, 5.74) is 0.842. The summed E-state index contributed by atoms with van der Waals surface area (Å²) in [7, 11) is 0. The quantitative estimate of drug-likeness (QED) is 0.637. The second kappa shape index (κ2) is 8.70. The number of nitrogens with one attached hydrogen (secondary N) is 3. The monoisotopic (exact) mass is 387 g/mol. The predicted molar refractivity (Wildman–Crippen MR) is 109 cm³/mol.